The zero-order valence-electron chi connectivity index (χ0n) is 13.1. The number of nitriles is 1. The van der Waals surface area contributed by atoms with E-state index in [-0.39, 0.29) is 0 Å². The third-order valence-corrected chi connectivity index (χ3v) is 5.89. The SMILES string of the molecule is N#Cc1ccc(-c2cncnc2SC2(C(=O)O)CC2)c2ccccc12. The molecule has 0 amide bonds. The molecule has 0 aliphatic heterocycles. The molecule has 0 atom stereocenters. The number of fused-ring (bicyclic) bond motifs is 1. The average Bonchev–Trinajstić information content (AvgIpc) is 3.42. The lowest BCUT2D eigenvalue weighted by atomic mass is 9.97. The van der Waals surface area contributed by atoms with Crippen LogP contribution in [-0.2, 0) is 4.79 Å². The Bertz CT molecular complexity index is 1040. The van der Waals surface area contributed by atoms with Crippen LogP contribution in [0, 0.1) is 11.3 Å². The maximum atomic E-state index is 11.5. The zero-order valence-corrected chi connectivity index (χ0v) is 14.0. The molecule has 0 bridgehead atoms. The van der Waals surface area contributed by atoms with E-state index in [1.807, 2.05) is 30.3 Å². The molecule has 0 unspecified atom stereocenters. The van der Waals surface area contributed by atoms with Crippen molar-refractivity contribution < 1.29 is 9.90 Å². The number of rotatable bonds is 4. The average molecular weight is 347 g/mol. The van der Waals surface area contributed by atoms with Gasteiger partial charge in [-0.1, -0.05) is 42.1 Å². The van der Waals surface area contributed by atoms with Crippen molar-refractivity contribution in [1.82, 2.24) is 9.97 Å². The van der Waals surface area contributed by atoms with Gasteiger partial charge in [0.05, 0.1) is 11.6 Å². The van der Waals surface area contributed by atoms with E-state index in [2.05, 4.69) is 16.0 Å². The predicted molar refractivity (Wildman–Crippen MR) is 95.1 cm³/mol. The first-order chi connectivity index (χ1) is 12.1. The molecule has 0 saturated heterocycles. The molecule has 1 N–H and O–H groups in total. The Kier molecular flexibility index (Phi) is 3.66. The molecule has 1 aliphatic rings. The minimum absolute atomic E-state index is 0.606. The van der Waals surface area contributed by atoms with Crippen LogP contribution in [0.3, 0.4) is 0 Å². The first kappa shape index (κ1) is 15.6. The van der Waals surface area contributed by atoms with Crippen molar-refractivity contribution in [3.05, 3.63) is 54.5 Å². The van der Waals surface area contributed by atoms with Gasteiger partial charge < -0.3 is 5.11 Å². The quantitative estimate of drug-likeness (QED) is 0.721. The number of aliphatic carboxylic acids is 1. The predicted octanol–water partition coefficient (Wildman–Crippen LogP) is 3.88. The van der Waals surface area contributed by atoms with Crippen molar-refractivity contribution in [2.75, 3.05) is 0 Å². The van der Waals surface area contributed by atoms with E-state index in [1.54, 1.807) is 12.3 Å². The van der Waals surface area contributed by atoms with Gasteiger partial charge in [-0.25, -0.2) is 9.97 Å². The van der Waals surface area contributed by atoms with Crippen molar-refractivity contribution >= 4 is 28.5 Å². The zero-order chi connectivity index (χ0) is 17.4. The third kappa shape index (κ3) is 2.63. The summed E-state index contributed by atoms with van der Waals surface area (Å²) >= 11 is 1.29. The van der Waals surface area contributed by atoms with Gasteiger partial charge in [0.2, 0.25) is 0 Å². The maximum Gasteiger partial charge on any atom is 0.320 e. The maximum absolute atomic E-state index is 11.5. The van der Waals surface area contributed by atoms with E-state index >= 15 is 0 Å². The van der Waals surface area contributed by atoms with Gasteiger partial charge in [0, 0.05) is 17.1 Å². The fraction of sp³-hybridized carbons (Fsp3) is 0.158. The van der Waals surface area contributed by atoms with Crippen molar-refractivity contribution in [3.8, 4) is 17.2 Å². The van der Waals surface area contributed by atoms with E-state index in [4.69, 9.17) is 0 Å². The van der Waals surface area contributed by atoms with E-state index in [0.717, 1.165) is 21.9 Å². The molecule has 0 radical (unpaired) electrons. The second-order valence-electron chi connectivity index (χ2n) is 5.96. The summed E-state index contributed by atoms with van der Waals surface area (Å²) < 4.78 is -0.772. The van der Waals surface area contributed by atoms with Crippen LogP contribution in [0.25, 0.3) is 21.9 Å². The lowest BCUT2D eigenvalue weighted by Crippen LogP contribution is -2.17. The van der Waals surface area contributed by atoms with E-state index in [0.29, 0.717) is 23.4 Å². The van der Waals surface area contributed by atoms with Crippen LogP contribution >= 0.6 is 11.8 Å². The van der Waals surface area contributed by atoms with Crippen LogP contribution in [0.15, 0.2) is 53.9 Å². The Hall–Kier alpha value is -2.91. The molecule has 6 heteroatoms. The Morgan fingerprint density at radius 2 is 1.92 bits per heavy atom. The van der Waals surface area contributed by atoms with Crippen LogP contribution < -0.4 is 0 Å². The topological polar surface area (TPSA) is 86.9 Å². The molecule has 3 aromatic rings. The highest BCUT2D eigenvalue weighted by Gasteiger charge is 2.52. The second-order valence-corrected chi connectivity index (χ2v) is 7.33. The third-order valence-electron chi connectivity index (χ3n) is 4.40. The molecule has 1 saturated carbocycles. The number of carboxylic acids is 1. The Morgan fingerprint density at radius 3 is 2.60 bits per heavy atom. The second kappa shape index (κ2) is 5.87. The van der Waals surface area contributed by atoms with E-state index in [9.17, 15) is 15.2 Å². The number of benzene rings is 2. The smallest absolute Gasteiger partial charge is 0.320 e. The Balaban J connectivity index is 1.88. The summed E-state index contributed by atoms with van der Waals surface area (Å²) in [7, 11) is 0. The van der Waals surface area contributed by atoms with Gasteiger partial charge in [-0.2, -0.15) is 5.26 Å². The summed E-state index contributed by atoms with van der Waals surface area (Å²) in [4.78, 5) is 20.0. The lowest BCUT2D eigenvalue weighted by molar-refractivity contribution is -0.137. The van der Waals surface area contributed by atoms with E-state index < -0.39 is 10.7 Å². The van der Waals surface area contributed by atoms with Crippen molar-refractivity contribution in [3.63, 3.8) is 0 Å². The van der Waals surface area contributed by atoms with Crippen LogP contribution in [0.2, 0.25) is 0 Å². The molecular weight excluding hydrogens is 334 g/mol. The van der Waals surface area contributed by atoms with Gasteiger partial charge >= 0.3 is 5.97 Å². The number of hydrogen-bond donors (Lipinski definition) is 1. The van der Waals surface area contributed by atoms with Gasteiger partial charge in [-0.05, 0) is 29.9 Å². The highest BCUT2D eigenvalue weighted by Crippen LogP contribution is 2.53. The number of nitrogens with zero attached hydrogens (tertiary/aromatic N) is 3. The number of hydrogen-bond acceptors (Lipinski definition) is 5. The fourth-order valence-corrected chi connectivity index (χ4v) is 4.01. The summed E-state index contributed by atoms with van der Waals surface area (Å²) in [6, 6.07) is 13.6. The van der Waals surface area contributed by atoms with Crippen molar-refractivity contribution in [1.29, 1.82) is 5.26 Å². The first-order valence-corrected chi connectivity index (χ1v) is 8.61. The first-order valence-electron chi connectivity index (χ1n) is 7.79. The van der Waals surface area contributed by atoms with Crippen LogP contribution in [0.5, 0.6) is 0 Å². The Labute approximate surface area is 148 Å². The summed E-state index contributed by atoms with van der Waals surface area (Å²) in [5.74, 6) is -0.799. The van der Waals surface area contributed by atoms with Crippen LogP contribution in [0.1, 0.15) is 18.4 Å². The number of aromatic nitrogens is 2. The molecule has 1 aliphatic carbocycles. The lowest BCUT2D eigenvalue weighted by Gasteiger charge is -2.14. The van der Waals surface area contributed by atoms with Crippen LogP contribution in [-0.4, -0.2) is 25.8 Å². The molecule has 4 rings (SSSR count). The van der Waals surface area contributed by atoms with Crippen molar-refractivity contribution in [2.24, 2.45) is 0 Å². The van der Waals surface area contributed by atoms with E-state index in [1.165, 1.54) is 18.1 Å². The summed E-state index contributed by atoms with van der Waals surface area (Å²) in [6.45, 7) is 0. The largest absolute Gasteiger partial charge is 0.480 e. The molecule has 1 fully saturated rings. The molecule has 122 valence electrons. The van der Waals surface area contributed by atoms with Gasteiger partial charge in [0.25, 0.3) is 0 Å². The molecular formula is C19H13N3O2S. The van der Waals surface area contributed by atoms with Crippen LogP contribution in [0.4, 0.5) is 0 Å². The minimum Gasteiger partial charge on any atom is -0.480 e. The number of thioether (sulfide) groups is 1. The minimum atomic E-state index is -0.799. The van der Waals surface area contributed by atoms with Gasteiger partial charge in [-0.15, -0.1) is 0 Å². The molecule has 0 spiro atoms. The van der Waals surface area contributed by atoms with Gasteiger partial charge in [0.1, 0.15) is 16.1 Å². The monoisotopic (exact) mass is 347 g/mol. The number of carboxylic acid groups (broad SMARTS) is 1. The molecule has 1 heterocycles. The number of carbonyl (C=O) groups is 1. The van der Waals surface area contributed by atoms with Gasteiger partial charge in [-0.3, -0.25) is 4.79 Å². The fourth-order valence-electron chi connectivity index (χ4n) is 2.87. The molecule has 2 aromatic carbocycles. The summed E-state index contributed by atoms with van der Waals surface area (Å²) in [5, 5.41) is 21.2. The normalized spacial score (nSPS) is 14.8. The standard InChI is InChI=1S/C19H13N3O2S/c20-9-12-5-6-15(14-4-2-1-3-13(12)14)16-10-21-11-22-17(16)25-19(7-8-19)18(23)24/h1-6,10-11H,7-8H2,(H,23,24). The van der Waals surface area contributed by atoms with Gasteiger partial charge in [0.15, 0.2) is 0 Å². The highest BCUT2D eigenvalue weighted by molar-refractivity contribution is 8.01. The Morgan fingerprint density at radius 1 is 1.16 bits per heavy atom. The molecule has 25 heavy (non-hydrogen) atoms. The highest BCUT2D eigenvalue weighted by atomic mass is 32.2. The molecule has 5 nitrogen and oxygen atoms in total. The molecule has 1 aromatic heterocycles. The summed E-state index contributed by atoms with van der Waals surface area (Å²) in [5.41, 5.74) is 2.30. The summed E-state index contributed by atoms with van der Waals surface area (Å²) in [6.07, 6.45) is 4.44. The van der Waals surface area contributed by atoms with Crippen molar-refractivity contribution in [2.45, 2.75) is 22.6 Å².